The molecule has 1 aromatic carbocycles. The number of anilines is 2. The lowest BCUT2D eigenvalue weighted by molar-refractivity contribution is -0.140. The first-order chi connectivity index (χ1) is 25.7. The van der Waals surface area contributed by atoms with Crippen LogP contribution in [0.4, 0.5) is 11.4 Å². The van der Waals surface area contributed by atoms with E-state index < -0.39 is 46.6 Å². The second-order valence-electron chi connectivity index (χ2n) is 14.1. The molecule has 0 spiro atoms. The lowest BCUT2D eigenvalue weighted by Crippen LogP contribution is -2.52. The van der Waals surface area contributed by atoms with Crippen molar-refractivity contribution in [2.45, 2.75) is 58.4 Å². The van der Waals surface area contributed by atoms with Crippen LogP contribution < -0.4 is 37.9 Å². The molecule has 1 aliphatic rings. The number of hydrogen-bond donors (Lipinski definition) is 8. The van der Waals surface area contributed by atoms with E-state index in [2.05, 4.69) is 35.1 Å². The molecule has 1 heterocycles. The van der Waals surface area contributed by atoms with Crippen molar-refractivity contribution in [2.24, 2.45) is 11.7 Å². The van der Waals surface area contributed by atoms with Crippen LogP contribution in [-0.2, 0) is 24.0 Å². The first-order valence-corrected chi connectivity index (χ1v) is 18.8. The molecular formula is C35H61N9O10. The number of unbranched alkanes of at least 4 members (excludes halogenated alkanes) is 2. The Balaban J connectivity index is 2.03. The van der Waals surface area contributed by atoms with E-state index in [0.29, 0.717) is 38.3 Å². The third-order valence-electron chi connectivity index (χ3n) is 9.12. The molecule has 1 atom stereocenters. The van der Waals surface area contributed by atoms with E-state index in [1.165, 1.54) is 0 Å². The summed E-state index contributed by atoms with van der Waals surface area (Å²) in [5, 5.41) is 39.9. The maximum atomic E-state index is 13.4. The van der Waals surface area contributed by atoms with Gasteiger partial charge in [0.05, 0.1) is 26.2 Å². The second kappa shape index (κ2) is 25.0. The number of nitrogens with two attached hydrogens (primary N) is 1. The molecule has 0 aliphatic carbocycles. The van der Waals surface area contributed by atoms with E-state index in [0.717, 1.165) is 19.3 Å². The van der Waals surface area contributed by atoms with Crippen LogP contribution in [0.3, 0.4) is 0 Å². The van der Waals surface area contributed by atoms with Crippen molar-refractivity contribution >= 4 is 41.1 Å². The summed E-state index contributed by atoms with van der Waals surface area (Å²) in [6.45, 7) is 6.52. The molecule has 2 amide bonds. The Morgan fingerprint density at radius 1 is 0.611 bits per heavy atom. The molecular weight excluding hydrogens is 706 g/mol. The highest BCUT2D eigenvalue weighted by Gasteiger charge is 2.25. The zero-order valence-electron chi connectivity index (χ0n) is 31.8. The Kier molecular flexibility index (Phi) is 21.3. The zero-order chi connectivity index (χ0) is 40.0. The molecule has 0 radical (unpaired) electrons. The van der Waals surface area contributed by atoms with Gasteiger partial charge >= 0.3 is 17.9 Å². The number of amides is 2. The molecule has 0 unspecified atom stereocenters. The van der Waals surface area contributed by atoms with Gasteiger partial charge in [-0.15, -0.1) is 0 Å². The third kappa shape index (κ3) is 18.2. The lowest BCUT2D eigenvalue weighted by Gasteiger charge is -2.33. The molecule has 0 bridgehead atoms. The van der Waals surface area contributed by atoms with Gasteiger partial charge < -0.3 is 42.3 Å². The molecule has 2 rings (SSSR count). The fraction of sp³-hybridized carbons (Fsp3) is 0.743. The van der Waals surface area contributed by atoms with Crippen LogP contribution in [0.15, 0.2) is 9.59 Å². The van der Waals surface area contributed by atoms with Crippen molar-refractivity contribution in [1.29, 1.82) is 0 Å². The van der Waals surface area contributed by atoms with Gasteiger partial charge in [0.25, 0.3) is 10.9 Å². The van der Waals surface area contributed by atoms with Gasteiger partial charge in [0.1, 0.15) is 17.4 Å². The smallest absolute Gasteiger partial charge is 0.317 e. The van der Waals surface area contributed by atoms with Gasteiger partial charge in [0.2, 0.25) is 11.8 Å². The summed E-state index contributed by atoms with van der Waals surface area (Å²) in [6, 6.07) is -0.891. The summed E-state index contributed by atoms with van der Waals surface area (Å²) >= 11 is 0. The van der Waals surface area contributed by atoms with Crippen molar-refractivity contribution in [3.8, 4) is 0 Å². The summed E-state index contributed by atoms with van der Waals surface area (Å²) in [7, 11) is 0. The van der Waals surface area contributed by atoms with Gasteiger partial charge in [-0.1, -0.05) is 26.7 Å². The minimum absolute atomic E-state index is 0.115. The molecule has 9 N–H and O–H groups in total. The minimum Gasteiger partial charge on any atom is -0.480 e. The molecule has 0 aromatic heterocycles. The van der Waals surface area contributed by atoms with Crippen molar-refractivity contribution in [3.05, 3.63) is 20.4 Å². The molecule has 19 nitrogen and oxygen atoms in total. The number of hydrogen-bond acceptors (Lipinski definition) is 14. The van der Waals surface area contributed by atoms with Crippen molar-refractivity contribution in [3.63, 3.8) is 0 Å². The molecule has 0 saturated carbocycles. The van der Waals surface area contributed by atoms with E-state index in [1.54, 1.807) is 19.6 Å². The Hall–Kier alpha value is -4.17. The predicted molar refractivity (Wildman–Crippen MR) is 204 cm³/mol. The fourth-order valence-corrected chi connectivity index (χ4v) is 6.11. The molecule has 306 valence electrons. The molecule has 1 fully saturated rings. The third-order valence-corrected chi connectivity index (χ3v) is 9.12. The average Bonchev–Trinajstić information content (AvgIpc) is 3.09. The van der Waals surface area contributed by atoms with Crippen LogP contribution in [-0.4, -0.2) is 175 Å². The summed E-state index contributed by atoms with van der Waals surface area (Å²) in [5.41, 5.74) is 4.92. The van der Waals surface area contributed by atoms with Gasteiger partial charge in [-0.05, 0) is 38.1 Å². The minimum atomic E-state index is -1.06. The predicted octanol–water partition coefficient (Wildman–Crippen LogP) is -1.86. The van der Waals surface area contributed by atoms with Crippen molar-refractivity contribution < 1.29 is 39.3 Å². The van der Waals surface area contributed by atoms with E-state index in [4.69, 9.17) is 5.73 Å². The normalized spacial score (nSPS) is 16.3. The highest BCUT2D eigenvalue weighted by molar-refractivity contribution is 5.88. The fourth-order valence-electron chi connectivity index (χ4n) is 6.11. The topological polar surface area (TPSA) is 267 Å². The quantitative estimate of drug-likeness (QED) is 0.0423. The van der Waals surface area contributed by atoms with Gasteiger partial charge in [-0.25, -0.2) is 0 Å². The first-order valence-electron chi connectivity index (χ1n) is 18.8. The molecule has 1 saturated heterocycles. The Labute approximate surface area is 316 Å². The van der Waals surface area contributed by atoms with Gasteiger partial charge in [0, 0.05) is 72.0 Å². The summed E-state index contributed by atoms with van der Waals surface area (Å²) < 4.78 is 0. The Morgan fingerprint density at radius 2 is 1.04 bits per heavy atom. The van der Waals surface area contributed by atoms with Crippen LogP contribution in [0.5, 0.6) is 0 Å². The number of carboxylic acids is 3. The monoisotopic (exact) mass is 767 g/mol. The number of aliphatic carboxylic acids is 3. The van der Waals surface area contributed by atoms with Crippen molar-refractivity contribution in [1.82, 2.24) is 30.2 Å². The molecule has 19 heteroatoms. The van der Waals surface area contributed by atoms with Gasteiger partial charge in [-0.3, -0.25) is 53.2 Å². The largest absolute Gasteiger partial charge is 0.480 e. The standard InChI is InChI=1S/C35H61N9O10/c1-25(2)7-4-6-10-37-31-32(34(53)33(31)52)38-11-12-39-35(54)26(8-3-5-9-36)40-27(45)21-41-13-15-42(22-28(46)47)17-19-44(24-30(50)51)20-18-43(16-14-41)23-29(48)49/h25-26,37-38H,3-24,36H2,1-2H3,(H,39,54)(H,40,45)(H,46,47)(H,48,49)(H,50,51)/t26-/m1/s1. The zero-order valence-corrected chi connectivity index (χ0v) is 31.8. The van der Waals surface area contributed by atoms with Crippen LogP contribution in [0.1, 0.15) is 52.4 Å². The maximum Gasteiger partial charge on any atom is 0.317 e. The molecule has 1 aliphatic heterocycles. The number of carbonyl (C=O) groups is 5. The summed E-state index contributed by atoms with van der Waals surface area (Å²) in [4.78, 5) is 92.3. The summed E-state index contributed by atoms with van der Waals surface area (Å²) in [6.07, 6.45) is 4.46. The number of carboxylic acid groups (broad SMARTS) is 3. The highest BCUT2D eigenvalue weighted by atomic mass is 16.4. The van der Waals surface area contributed by atoms with E-state index in [-0.39, 0.29) is 103 Å². The van der Waals surface area contributed by atoms with Crippen LogP contribution >= 0.6 is 0 Å². The maximum absolute atomic E-state index is 13.4. The van der Waals surface area contributed by atoms with Crippen LogP contribution in [0.2, 0.25) is 0 Å². The molecule has 1 aromatic rings. The Morgan fingerprint density at radius 3 is 1.46 bits per heavy atom. The number of rotatable bonds is 24. The number of carbonyl (C=O) groups excluding carboxylic acids is 2. The molecule has 54 heavy (non-hydrogen) atoms. The second-order valence-corrected chi connectivity index (χ2v) is 14.1. The van der Waals surface area contributed by atoms with E-state index in [1.807, 2.05) is 0 Å². The van der Waals surface area contributed by atoms with Crippen LogP contribution in [0.25, 0.3) is 0 Å². The first kappa shape index (κ1) is 46.0. The van der Waals surface area contributed by atoms with Gasteiger partial charge in [-0.2, -0.15) is 0 Å². The summed E-state index contributed by atoms with van der Waals surface area (Å²) in [5.74, 6) is -3.47. The highest BCUT2D eigenvalue weighted by Crippen LogP contribution is 2.15. The number of nitrogens with zero attached hydrogens (tertiary/aromatic N) is 4. The average molecular weight is 768 g/mol. The van der Waals surface area contributed by atoms with Crippen LogP contribution in [0, 0.1) is 5.92 Å². The van der Waals surface area contributed by atoms with Crippen molar-refractivity contribution in [2.75, 3.05) is 115 Å². The lowest BCUT2D eigenvalue weighted by atomic mass is 10.1. The SMILES string of the molecule is CC(C)CCCCNc1c(NCCNC(=O)[C@@H](CCCCN)NC(=O)CN2CCN(CC(=O)O)CCN(CC(=O)O)CCN(CC(=O)O)CC2)c(=O)c1=O. The van der Waals surface area contributed by atoms with E-state index in [9.17, 15) is 48.9 Å². The number of nitrogens with one attached hydrogen (secondary N) is 4. The van der Waals surface area contributed by atoms with E-state index >= 15 is 0 Å². The van der Waals surface area contributed by atoms with Gasteiger partial charge in [0.15, 0.2) is 0 Å². The Bertz CT molecular complexity index is 1390.